The number of nitrogens with one attached hydrogen (secondary N) is 8. The summed E-state index contributed by atoms with van der Waals surface area (Å²) < 4.78 is 0. The fourth-order valence-electron chi connectivity index (χ4n) is 9.67. The summed E-state index contributed by atoms with van der Waals surface area (Å²) in [5, 5.41) is 48.0. The van der Waals surface area contributed by atoms with Crippen molar-refractivity contribution in [3.8, 4) is 11.5 Å². The van der Waals surface area contributed by atoms with Gasteiger partial charge in [0.2, 0.25) is 59.6 Å². The van der Waals surface area contributed by atoms with E-state index in [1.165, 1.54) is 24.1 Å². The van der Waals surface area contributed by atoms with E-state index >= 15 is 0 Å². The van der Waals surface area contributed by atoms with Crippen molar-refractivity contribution < 1.29 is 68.1 Å². The molecule has 0 aliphatic carbocycles. The van der Waals surface area contributed by atoms with Gasteiger partial charge < -0.3 is 72.2 Å². The molecule has 5 rings (SSSR count). The Balaban J connectivity index is 1.34. The number of hydrogen-bond acceptors (Lipinski definition) is 13. The zero-order valence-electron chi connectivity index (χ0n) is 50.2. The SMILES string of the molecule is CCCCCC(NC(=O)C(Cc1ccc(O)cc1)NC(=O)C(Cc1ccccc1)N(C)C(=O)CNC(=O)CNC(=O)CN(CCC)C(=O)C(CC(=O)O)NC=O)C(=O)NC(Cc1c[nH]c2ccccc12)C(=O)NCC(=O)N(C)C(C)Cc1ccc(O)cc1. The topological polar surface area (TPSA) is 358 Å². The summed E-state index contributed by atoms with van der Waals surface area (Å²) in [5.41, 5.74) is 3.48. The van der Waals surface area contributed by atoms with Crippen LogP contribution in [0.3, 0.4) is 0 Å². The fourth-order valence-corrected chi connectivity index (χ4v) is 9.67. The molecule has 1 heterocycles. The van der Waals surface area contributed by atoms with Gasteiger partial charge in [-0.2, -0.15) is 0 Å². The Labute approximate surface area is 510 Å². The first-order valence-corrected chi connectivity index (χ1v) is 29.2. The van der Waals surface area contributed by atoms with E-state index in [0.717, 1.165) is 32.7 Å². The van der Waals surface area contributed by atoms with Crippen LogP contribution in [0, 0.1) is 0 Å². The van der Waals surface area contributed by atoms with Crippen molar-refractivity contribution in [2.75, 3.05) is 46.8 Å². The van der Waals surface area contributed by atoms with Gasteiger partial charge in [0.05, 0.1) is 32.6 Å². The molecular formula is C63H81N11O14. The van der Waals surface area contributed by atoms with Crippen LogP contribution in [0.5, 0.6) is 11.5 Å². The van der Waals surface area contributed by atoms with Crippen LogP contribution in [0.1, 0.15) is 81.5 Å². The number of para-hydroxylation sites is 1. The Morgan fingerprint density at radius 2 is 1.12 bits per heavy atom. The van der Waals surface area contributed by atoms with Crippen LogP contribution in [0.15, 0.2) is 109 Å². The third-order valence-corrected chi connectivity index (χ3v) is 14.8. The first-order chi connectivity index (χ1) is 42.1. The van der Waals surface area contributed by atoms with Gasteiger partial charge in [-0.25, -0.2) is 0 Å². The lowest BCUT2D eigenvalue weighted by Gasteiger charge is -2.30. The van der Waals surface area contributed by atoms with E-state index in [1.807, 2.05) is 38.1 Å². The van der Waals surface area contributed by atoms with Gasteiger partial charge in [-0.3, -0.25) is 52.7 Å². The summed E-state index contributed by atoms with van der Waals surface area (Å²) in [5.74, 6) is -7.89. The zero-order chi connectivity index (χ0) is 64.3. The summed E-state index contributed by atoms with van der Waals surface area (Å²) >= 11 is 0. The standard InChI is InChI=1S/C63H81N11O14/c1-6-8-10-19-49(60(85)70-51(32-44-34-64-48-18-14-13-17-47(44)48)59(84)67-37-56(80)72(4)40(3)29-42-20-24-45(76)25-21-42)69-61(86)50(30-43-22-26-46(77)27-23-43)71-62(87)53(31-41-15-11-9-12-16-41)73(5)57(81)36-66-54(78)35-65-55(79)38-74(28-7-2)63(88)52(68-39-75)33-58(82)83/h9,11-18,20-27,34,39-40,49-53,64,76-77H,6-8,10,19,28-33,35-38H2,1-5H3,(H,65,79)(H,66,78)(H,67,84)(H,68,75)(H,69,86)(H,70,85)(H,71,87)(H,82,83). The molecule has 11 N–H and O–H groups in total. The minimum atomic E-state index is -1.44. The number of carboxylic acids is 1. The van der Waals surface area contributed by atoms with E-state index in [-0.39, 0.29) is 56.2 Å². The highest BCUT2D eigenvalue weighted by atomic mass is 16.4. The molecule has 5 aromatic rings. The predicted octanol–water partition coefficient (Wildman–Crippen LogP) is 1.73. The molecule has 10 amide bonds. The number of aromatic hydroxyl groups is 2. The molecule has 0 saturated heterocycles. The number of aliphatic carboxylic acids is 1. The van der Waals surface area contributed by atoms with Gasteiger partial charge >= 0.3 is 5.97 Å². The lowest BCUT2D eigenvalue weighted by Crippen LogP contribution is -2.59. The van der Waals surface area contributed by atoms with Gasteiger partial charge in [-0.05, 0) is 78.8 Å². The molecule has 6 atom stereocenters. The van der Waals surface area contributed by atoms with Crippen LogP contribution in [0.4, 0.5) is 0 Å². The normalized spacial score (nSPS) is 13.0. The molecule has 6 unspecified atom stereocenters. The molecule has 0 saturated carbocycles. The molecule has 0 aliphatic heterocycles. The van der Waals surface area contributed by atoms with Crippen molar-refractivity contribution in [1.29, 1.82) is 0 Å². The highest BCUT2D eigenvalue weighted by Crippen LogP contribution is 2.21. The second-order valence-electron chi connectivity index (χ2n) is 21.5. The third-order valence-electron chi connectivity index (χ3n) is 14.8. The Bertz CT molecular complexity index is 3180. The van der Waals surface area contributed by atoms with Gasteiger partial charge in [0.15, 0.2) is 0 Å². The number of fused-ring (bicyclic) bond motifs is 1. The number of phenols is 2. The van der Waals surface area contributed by atoms with E-state index < -0.39 is 122 Å². The van der Waals surface area contributed by atoms with Crippen molar-refractivity contribution in [2.45, 2.75) is 121 Å². The maximum Gasteiger partial charge on any atom is 0.305 e. The smallest absolute Gasteiger partial charge is 0.305 e. The number of aromatic nitrogens is 1. The predicted molar refractivity (Wildman–Crippen MR) is 326 cm³/mol. The second kappa shape index (κ2) is 35.0. The Morgan fingerprint density at radius 1 is 0.568 bits per heavy atom. The number of likely N-dealkylation sites (N-methyl/N-ethyl adjacent to an activating group) is 2. The number of aromatic amines is 1. The summed E-state index contributed by atoms with van der Waals surface area (Å²) in [4.78, 5) is 154. The number of H-pyrrole nitrogens is 1. The van der Waals surface area contributed by atoms with Gasteiger partial charge in [0.25, 0.3) is 0 Å². The van der Waals surface area contributed by atoms with Gasteiger partial charge in [-0.1, -0.05) is 106 Å². The Morgan fingerprint density at radius 3 is 1.76 bits per heavy atom. The largest absolute Gasteiger partial charge is 0.508 e. The van der Waals surface area contributed by atoms with E-state index in [4.69, 9.17) is 0 Å². The van der Waals surface area contributed by atoms with Gasteiger partial charge in [0, 0.05) is 63.0 Å². The minimum absolute atomic E-state index is 0.0170. The lowest BCUT2D eigenvalue weighted by atomic mass is 10.00. The first kappa shape index (κ1) is 69.0. The lowest BCUT2D eigenvalue weighted by molar-refractivity contribution is -0.144. The number of hydrogen-bond donors (Lipinski definition) is 11. The van der Waals surface area contributed by atoms with Crippen molar-refractivity contribution in [1.82, 2.24) is 56.9 Å². The number of carbonyl (C=O) groups is 11. The summed E-state index contributed by atoms with van der Waals surface area (Å²) in [6.07, 6.45) is 3.77. The van der Waals surface area contributed by atoms with E-state index in [9.17, 15) is 68.1 Å². The number of amides is 10. The summed E-state index contributed by atoms with van der Waals surface area (Å²) in [7, 11) is 2.95. The summed E-state index contributed by atoms with van der Waals surface area (Å²) in [6.45, 7) is 3.27. The molecule has 0 aliphatic rings. The van der Waals surface area contributed by atoms with Crippen LogP contribution in [-0.4, -0.2) is 184 Å². The van der Waals surface area contributed by atoms with E-state index in [2.05, 4.69) is 42.2 Å². The number of phenolic OH excluding ortho intramolecular Hbond substituents is 2. The number of unbranched alkanes of at least 4 members (excludes halogenated alkanes) is 2. The first-order valence-electron chi connectivity index (χ1n) is 29.2. The van der Waals surface area contributed by atoms with Crippen molar-refractivity contribution in [3.05, 3.63) is 132 Å². The maximum atomic E-state index is 14.8. The van der Waals surface area contributed by atoms with Crippen LogP contribution < -0.4 is 37.2 Å². The molecule has 0 spiro atoms. The minimum Gasteiger partial charge on any atom is -0.508 e. The Kier molecular flexibility index (Phi) is 27.4. The highest BCUT2D eigenvalue weighted by Gasteiger charge is 2.35. The Hall–Kier alpha value is -9.81. The maximum absolute atomic E-state index is 14.8. The number of nitrogens with zero attached hydrogens (tertiary/aromatic N) is 3. The van der Waals surface area contributed by atoms with Crippen LogP contribution in [-0.2, 0) is 78.4 Å². The van der Waals surface area contributed by atoms with Crippen molar-refractivity contribution in [2.24, 2.45) is 0 Å². The molecule has 472 valence electrons. The molecule has 4 aromatic carbocycles. The quantitative estimate of drug-likeness (QED) is 0.0201. The molecule has 25 nitrogen and oxygen atoms in total. The van der Waals surface area contributed by atoms with Crippen LogP contribution in [0.2, 0.25) is 0 Å². The van der Waals surface area contributed by atoms with Crippen molar-refractivity contribution in [3.63, 3.8) is 0 Å². The van der Waals surface area contributed by atoms with Crippen LogP contribution >= 0.6 is 0 Å². The molecule has 0 bridgehead atoms. The number of rotatable bonds is 36. The number of carbonyl (C=O) groups excluding carboxylic acids is 10. The molecule has 88 heavy (non-hydrogen) atoms. The third kappa shape index (κ3) is 21.9. The fraction of sp³-hybridized carbons (Fsp3) is 0.413. The second-order valence-corrected chi connectivity index (χ2v) is 21.5. The van der Waals surface area contributed by atoms with Gasteiger partial charge in [-0.15, -0.1) is 0 Å². The molecule has 0 radical (unpaired) electrons. The summed E-state index contributed by atoms with van der Waals surface area (Å²) in [6, 6.07) is 21.6. The highest BCUT2D eigenvalue weighted by molar-refractivity contribution is 5.98. The average molecular weight is 1220 g/mol. The van der Waals surface area contributed by atoms with Crippen LogP contribution in [0.25, 0.3) is 10.9 Å². The van der Waals surface area contributed by atoms with Crippen molar-refractivity contribution >= 4 is 76.4 Å². The molecular weight excluding hydrogens is 1130 g/mol. The van der Waals surface area contributed by atoms with E-state index in [1.54, 1.807) is 86.9 Å². The average Bonchev–Trinajstić information content (AvgIpc) is 2.82. The molecule has 25 heteroatoms. The zero-order valence-corrected chi connectivity index (χ0v) is 50.2. The molecule has 1 aromatic heterocycles. The van der Waals surface area contributed by atoms with E-state index in [0.29, 0.717) is 42.4 Å². The number of carboxylic acid groups (broad SMARTS) is 1. The van der Waals surface area contributed by atoms with Gasteiger partial charge in [0.1, 0.15) is 41.7 Å². The molecule has 0 fully saturated rings. The monoisotopic (exact) mass is 1220 g/mol. The number of benzene rings is 4.